The molecule has 2 N–H and O–H groups in total. The zero-order chi connectivity index (χ0) is 20.3. The first-order chi connectivity index (χ1) is 13.4. The molecule has 5 nitrogen and oxygen atoms in total. The molecule has 3 aromatic rings. The van der Waals surface area contributed by atoms with E-state index >= 15 is 0 Å². The molecule has 1 heterocycles. The number of benzene rings is 2. The summed E-state index contributed by atoms with van der Waals surface area (Å²) in [5.41, 5.74) is 1.85. The van der Waals surface area contributed by atoms with Gasteiger partial charge in [-0.15, -0.1) is 0 Å². The summed E-state index contributed by atoms with van der Waals surface area (Å²) in [6, 6.07) is 11.6. The predicted molar refractivity (Wildman–Crippen MR) is 110 cm³/mol. The molecule has 1 aromatic heterocycles. The van der Waals surface area contributed by atoms with Crippen molar-refractivity contribution in [2.24, 2.45) is 0 Å². The number of ether oxygens (including phenoxy) is 1. The lowest BCUT2D eigenvalue weighted by atomic mass is 10.1. The van der Waals surface area contributed by atoms with Gasteiger partial charge in [-0.2, -0.15) is 0 Å². The fourth-order valence-corrected chi connectivity index (χ4v) is 3.47. The zero-order valence-electron chi connectivity index (χ0n) is 14.8. The highest BCUT2D eigenvalue weighted by molar-refractivity contribution is 6.35. The van der Waals surface area contributed by atoms with Crippen molar-refractivity contribution in [1.82, 2.24) is 0 Å². The number of amides is 1. The van der Waals surface area contributed by atoms with Crippen molar-refractivity contribution in [2.45, 2.75) is 13.5 Å². The van der Waals surface area contributed by atoms with Gasteiger partial charge in [-0.3, -0.25) is 4.79 Å². The molecule has 0 spiro atoms. The van der Waals surface area contributed by atoms with Crippen molar-refractivity contribution in [1.29, 1.82) is 0 Å². The number of nitrogens with one attached hydrogen (secondary N) is 1. The summed E-state index contributed by atoms with van der Waals surface area (Å²) in [5.74, 6) is 0.952. The molecule has 3 rings (SSSR count). The van der Waals surface area contributed by atoms with Crippen molar-refractivity contribution >= 4 is 46.4 Å². The van der Waals surface area contributed by atoms with Crippen molar-refractivity contribution in [2.75, 3.05) is 11.9 Å². The van der Waals surface area contributed by atoms with E-state index < -0.39 is 0 Å². The molecule has 0 radical (unpaired) electrons. The Kier molecular flexibility index (Phi) is 6.52. The Morgan fingerprint density at radius 2 is 1.89 bits per heavy atom. The molecule has 0 atom stereocenters. The van der Waals surface area contributed by atoms with Crippen LogP contribution in [0.2, 0.25) is 15.1 Å². The van der Waals surface area contributed by atoms with E-state index in [9.17, 15) is 4.79 Å². The molecule has 0 fully saturated rings. The normalized spacial score (nSPS) is 10.8. The van der Waals surface area contributed by atoms with Crippen LogP contribution in [0.15, 0.2) is 46.9 Å². The molecule has 0 unspecified atom stereocenters. The van der Waals surface area contributed by atoms with Crippen molar-refractivity contribution in [3.05, 3.63) is 68.9 Å². The Morgan fingerprint density at radius 3 is 2.57 bits per heavy atom. The molecule has 146 valence electrons. The Hall–Kier alpha value is -2.18. The number of aliphatic hydroxyl groups is 1. The highest BCUT2D eigenvalue weighted by Gasteiger charge is 2.13. The first kappa shape index (κ1) is 20.6. The molecule has 2 aromatic carbocycles. The van der Waals surface area contributed by atoms with Crippen molar-refractivity contribution < 1.29 is 19.1 Å². The van der Waals surface area contributed by atoms with Crippen LogP contribution in [0.25, 0.3) is 11.3 Å². The number of aryl methyl sites for hydroxylation is 1. The van der Waals surface area contributed by atoms with Crippen molar-refractivity contribution in [3.8, 4) is 17.1 Å². The summed E-state index contributed by atoms with van der Waals surface area (Å²) in [4.78, 5) is 12.3. The lowest BCUT2D eigenvalue weighted by Crippen LogP contribution is -2.20. The van der Waals surface area contributed by atoms with Crippen LogP contribution >= 0.6 is 34.8 Å². The predicted octanol–water partition coefficient (Wildman–Crippen LogP) is 5.73. The van der Waals surface area contributed by atoms with E-state index in [4.69, 9.17) is 49.1 Å². The van der Waals surface area contributed by atoms with Crippen LogP contribution in [0, 0.1) is 6.92 Å². The van der Waals surface area contributed by atoms with Crippen LogP contribution in [0.1, 0.15) is 11.3 Å². The molecule has 0 aliphatic heterocycles. The van der Waals surface area contributed by atoms with Gasteiger partial charge in [0, 0.05) is 16.3 Å². The topological polar surface area (TPSA) is 71.7 Å². The monoisotopic (exact) mass is 439 g/mol. The molecule has 0 saturated heterocycles. The molecule has 0 aliphatic rings. The van der Waals surface area contributed by atoms with Gasteiger partial charge in [0.1, 0.15) is 23.9 Å². The average Bonchev–Trinajstić information content (AvgIpc) is 3.11. The fraction of sp³-hybridized carbons (Fsp3) is 0.150. The van der Waals surface area contributed by atoms with Gasteiger partial charge in [0.25, 0.3) is 5.91 Å². The van der Waals surface area contributed by atoms with E-state index in [1.54, 1.807) is 49.4 Å². The van der Waals surface area contributed by atoms with Gasteiger partial charge in [0.15, 0.2) is 6.61 Å². The Morgan fingerprint density at radius 1 is 1.11 bits per heavy atom. The number of anilines is 1. The van der Waals surface area contributed by atoms with Gasteiger partial charge in [0.2, 0.25) is 0 Å². The van der Waals surface area contributed by atoms with Gasteiger partial charge in [0.05, 0.1) is 10.0 Å². The van der Waals surface area contributed by atoms with E-state index in [-0.39, 0.29) is 19.1 Å². The Labute approximate surface area is 176 Å². The average molecular weight is 441 g/mol. The summed E-state index contributed by atoms with van der Waals surface area (Å²) >= 11 is 18.3. The fourth-order valence-electron chi connectivity index (χ4n) is 2.61. The van der Waals surface area contributed by atoms with E-state index in [0.717, 1.165) is 5.56 Å². The lowest BCUT2D eigenvalue weighted by Gasteiger charge is -2.12. The standard InChI is InChI=1S/C20H16Cl3NO4/c1-11-6-12(21)7-17(23)20(11)27-10-19(26)24-13-2-4-16(22)15(8-13)18-5-3-14(9-25)28-18/h2-8,25H,9-10H2,1H3,(H,24,26). The van der Waals surface area contributed by atoms with Crippen LogP contribution in [0.5, 0.6) is 5.75 Å². The summed E-state index contributed by atoms with van der Waals surface area (Å²) < 4.78 is 11.0. The van der Waals surface area contributed by atoms with Crippen LogP contribution in [-0.4, -0.2) is 17.6 Å². The second kappa shape index (κ2) is 8.88. The third kappa shape index (κ3) is 4.80. The molecule has 0 aliphatic carbocycles. The number of carbonyl (C=O) groups is 1. The van der Waals surface area contributed by atoms with E-state index in [1.165, 1.54) is 0 Å². The summed E-state index contributed by atoms with van der Waals surface area (Å²) in [7, 11) is 0. The maximum Gasteiger partial charge on any atom is 0.262 e. The first-order valence-electron chi connectivity index (χ1n) is 8.25. The SMILES string of the molecule is Cc1cc(Cl)cc(Cl)c1OCC(=O)Nc1ccc(Cl)c(-c2ccc(CO)o2)c1. The quantitative estimate of drug-likeness (QED) is 0.514. The van der Waals surface area contributed by atoms with Crippen LogP contribution < -0.4 is 10.1 Å². The van der Waals surface area contributed by atoms with Gasteiger partial charge in [-0.25, -0.2) is 0 Å². The van der Waals surface area contributed by atoms with Gasteiger partial charge in [-0.1, -0.05) is 34.8 Å². The van der Waals surface area contributed by atoms with Crippen LogP contribution in [0.3, 0.4) is 0 Å². The second-order valence-electron chi connectivity index (χ2n) is 5.99. The van der Waals surface area contributed by atoms with Crippen LogP contribution in [0.4, 0.5) is 5.69 Å². The lowest BCUT2D eigenvalue weighted by molar-refractivity contribution is -0.118. The van der Waals surface area contributed by atoms with E-state index in [2.05, 4.69) is 5.32 Å². The van der Waals surface area contributed by atoms with E-state index in [1.807, 2.05) is 0 Å². The highest BCUT2D eigenvalue weighted by Crippen LogP contribution is 2.33. The maximum atomic E-state index is 12.3. The van der Waals surface area contributed by atoms with Crippen LogP contribution in [-0.2, 0) is 11.4 Å². The number of hydrogen-bond donors (Lipinski definition) is 2. The molecule has 8 heteroatoms. The Bertz CT molecular complexity index is 993. The maximum absolute atomic E-state index is 12.3. The second-order valence-corrected chi connectivity index (χ2v) is 7.24. The van der Waals surface area contributed by atoms with Gasteiger partial charge in [-0.05, 0) is 55.0 Å². The number of aliphatic hydroxyl groups excluding tert-OH is 1. The minimum absolute atomic E-state index is 0.210. The zero-order valence-corrected chi connectivity index (χ0v) is 17.0. The Balaban J connectivity index is 1.70. The first-order valence-corrected chi connectivity index (χ1v) is 9.38. The number of rotatable bonds is 6. The van der Waals surface area contributed by atoms with E-state index in [0.29, 0.717) is 43.6 Å². The summed E-state index contributed by atoms with van der Waals surface area (Å²) in [5, 5.41) is 13.2. The molecule has 0 saturated carbocycles. The highest BCUT2D eigenvalue weighted by atomic mass is 35.5. The molecular weight excluding hydrogens is 425 g/mol. The number of carbonyl (C=O) groups excluding carboxylic acids is 1. The molecular formula is C20H16Cl3NO4. The van der Waals surface area contributed by atoms with Gasteiger partial charge < -0.3 is 19.6 Å². The summed E-state index contributed by atoms with van der Waals surface area (Å²) in [6.45, 7) is 1.36. The van der Waals surface area contributed by atoms with Crippen molar-refractivity contribution in [3.63, 3.8) is 0 Å². The largest absolute Gasteiger partial charge is 0.482 e. The molecule has 28 heavy (non-hydrogen) atoms. The third-order valence-electron chi connectivity index (χ3n) is 3.87. The summed E-state index contributed by atoms with van der Waals surface area (Å²) in [6.07, 6.45) is 0. The minimum atomic E-state index is -0.366. The minimum Gasteiger partial charge on any atom is -0.482 e. The number of hydrogen-bond acceptors (Lipinski definition) is 4. The number of halogens is 3. The molecule has 1 amide bonds. The smallest absolute Gasteiger partial charge is 0.262 e. The number of furan rings is 1. The third-order valence-corrected chi connectivity index (χ3v) is 4.70. The van der Waals surface area contributed by atoms with Gasteiger partial charge >= 0.3 is 0 Å². The molecule has 0 bridgehead atoms.